The topological polar surface area (TPSA) is 58.4 Å². The maximum absolute atomic E-state index is 12.9. The number of rotatable bonds is 2. The first-order valence-corrected chi connectivity index (χ1v) is 9.61. The summed E-state index contributed by atoms with van der Waals surface area (Å²) in [7, 11) is 0. The van der Waals surface area contributed by atoms with Gasteiger partial charge in [-0.15, -0.1) is 0 Å². The van der Waals surface area contributed by atoms with Crippen LogP contribution in [-0.4, -0.2) is 42.0 Å². The lowest BCUT2D eigenvalue weighted by atomic mass is 9.70. The van der Waals surface area contributed by atoms with Gasteiger partial charge in [-0.2, -0.15) is 0 Å². The first kappa shape index (κ1) is 14.9. The summed E-state index contributed by atoms with van der Waals surface area (Å²) >= 11 is 0. The van der Waals surface area contributed by atoms with Crippen LogP contribution in [0.1, 0.15) is 61.4 Å². The fourth-order valence-electron chi connectivity index (χ4n) is 6.09. The zero-order valence-electron chi connectivity index (χ0n) is 14.5. The second-order valence-corrected chi connectivity index (χ2v) is 8.66. The van der Waals surface area contributed by atoms with E-state index in [9.17, 15) is 4.79 Å². The number of likely N-dealkylation sites (tertiary alicyclic amines) is 1. The molecule has 2 saturated heterocycles. The van der Waals surface area contributed by atoms with Gasteiger partial charge in [0, 0.05) is 19.0 Å². The molecule has 1 N–H and O–H groups in total. The number of carbonyl (C=O) groups excluding carboxylic acids is 1. The number of amides is 1. The van der Waals surface area contributed by atoms with Gasteiger partial charge in [-0.3, -0.25) is 4.79 Å². The minimum Gasteiger partial charge on any atom is -0.435 e. The Labute approximate surface area is 143 Å². The summed E-state index contributed by atoms with van der Waals surface area (Å²) in [5.41, 5.74) is 0.344. The minimum absolute atomic E-state index is 0.0534. The van der Waals surface area contributed by atoms with Crippen LogP contribution in [-0.2, 0) is 0 Å². The number of nitrogens with one attached hydrogen (secondary N) is 1. The molecule has 2 aliphatic heterocycles. The summed E-state index contributed by atoms with van der Waals surface area (Å²) in [6, 6.07) is 0. The van der Waals surface area contributed by atoms with E-state index in [0.717, 1.165) is 56.7 Å². The van der Waals surface area contributed by atoms with Gasteiger partial charge < -0.3 is 14.6 Å². The zero-order chi connectivity index (χ0) is 16.3. The zero-order valence-corrected chi connectivity index (χ0v) is 14.5. The van der Waals surface area contributed by atoms with Crippen molar-refractivity contribution in [3.8, 4) is 0 Å². The van der Waals surface area contributed by atoms with Crippen molar-refractivity contribution < 1.29 is 9.21 Å². The molecule has 1 aromatic heterocycles. The van der Waals surface area contributed by atoms with Crippen molar-refractivity contribution in [2.75, 3.05) is 26.2 Å². The predicted octanol–water partition coefficient (Wildman–Crippen LogP) is 2.65. The molecule has 2 saturated carbocycles. The van der Waals surface area contributed by atoms with Crippen LogP contribution in [0.15, 0.2) is 10.6 Å². The average Bonchev–Trinajstić information content (AvgIpc) is 3.35. The van der Waals surface area contributed by atoms with Gasteiger partial charge in [-0.25, -0.2) is 4.98 Å². The number of fused-ring (bicyclic) bond motifs is 5. The maximum Gasteiger partial charge on any atom is 0.291 e. The molecule has 3 heterocycles. The Morgan fingerprint density at radius 2 is 2.17 bits per heavy atom. The van der Waals surface area contributed by atoms with Gasteiger partial charge in [0.05, 0.1) is 6.20 Å². The van der Waals surface area contributed by atoms with Gasteiger partial charge in [0.2, 0.25) is 5.76 Å². The molecule has 1 aromatic rings. The van der Waals surface area contributed by atoms with Gasteiger partial charge in [0.25, 0.3) is 5.91 Å². The molecule has 5 nitrogen and oxygen atoms in total. The van der Waals surface area contributed by atoms with Gasteiger partial charge in [0.15, 0.2) is 5.89 Å². The number of nitrogens with zero attached hydrogens (tertiary/aromatic N) is 2. The molecule has 5 heteroatoms. The largest absolute Gasteiger partial charge is 0.435 e. The Morgan fingerprint density at radius 3 is 2.96 bits per heavy atom. The summed E-state index contributed by atoms with van der Waals surface area (Å²) in [4.78, 5) is 19.4. The average molecular weight is 329 g/mol. The first-order valence-electron chi connectivity index (χ1n) is 9.61. The fourth-order valence-corrected chi connectivity index (χ4v) is 6.09. The Hall–Kier alpha value is -1.36. The molecule has 1 amide bonds. The van der Waals surface area contributed by atoms with Crippen molar-refractivity contribution in [3.05, 3.63) is 17.8 Å². The van der Waals surface area contributed by atoms with E-state index in [2.05, 4.69) is 17.2 Å². The van der Waals surface area contributed by atoms with Crippen molar-refractivity contribution in [3.63, 3.8) is 0 Å². The third kappa shape index (κ3) is 2.10. The SMILES string of the molecule is C[C@]12CN(C(=O)c3cnc(C4CCNCC4)o3)C[C@H]1[C@H]1CC[C@@H]2C1. The number of oxazole rings is 1. The van der Waals surface area contributed by atoms with Crippen LogP contribution < -0.4 is 5.32 Å². The summed E-state index contributed by atoms with van der Waals surface area (Å²) in [5.74, 6) is 3.98. The molecule has 0 unspecified atom stereocenters. The monoisotopic (exact) mass is 329 g/mol. The molecule has 130 valence electrons. The Bertz CT molecular complexity index is 651. The normalized spacial score (nSPS) is 38.7. The summed E-state index contributed by atoms with van der Waals surface area (Å²) < 4.78 is 5.89. The predicted molar refractivity (Wildman–Crippen MR) is 89.7 cm³/mol. The Morgan fingerprint density at radius 1 is 1.33 bits per heavy atom. The second kappa shape index (κ2) is 5.32. The highest BCUT2D eigenvalue weighted by atomic mass is 16.4. The lowest BCUT2D eigenvalue weighted by molar-refractivity contribution is 0.0725. The Balaban J connectivity index is 1.32. The van der Waals surface area contributed by atoms with Crippen LogP contribution in [0.25, 0.3) is 0 Å². The van der Waals surface area contributed by atoms with Gasteiger partial charge in [0.1, 0.15) is 0 Å². The van der Waals surface area contributed by atoms with Crippen LogP contribution in [0.5, 0.6) is 0 Å². The van der Waals surface area contributed by atoms with E-state index >= 15 is 0 Å². The molecular weight excluding hydrogens is 302 g/mol. The summed E-state index contributed by atoms with van der Waals surface area (Å²) in [5, 5.41) is 3.36. The maximum atomic E-state index is 12.9. The number of piperidine rings is 1. The van der Waals surface area contributed by atoms with Crippen LogP contribution in [0, 0.1) is 23.2 Å². The van der Waals surface area contributed by atoms with Crippen molar-refractivity contribution in [1.82, 2.24) is 15.2 Å². The van der Waals surface area contributed by atoms with Gasteiger partial charge in [-0.05, 0) is 68.4 Å². The molecule has 0 spiro atoms. The third-order valence-corrected chi connectivity index (χ3v) is 7.48. The van der Waals surface area contributed by atoms with Crippen molar-refractivity contribution in [2.24, 2.45) is 23.2 Å². The molecule has 2 bridgehead atoms. The van der Waals surface area contributed by atoms with Crippen LogP contribution in [0.3, 0.4) is 0 Å². The summed E-state index contributed by atoms with van der Waals surface area (Å²) in [6.45, 7) is 6.24. The molecule has 4 aliphatic rings. The summed E-state index contributed by atoms with van der Waals surface area (Å²) in [6.07, 6.45) is 7.87. The second-order valence-electron chi connectivity index (χ2n) is 8.66. The number of hydrogen-bond acceptors (Lipinski definition) is 4. The lowest BCUT2D eigenvalue weighted by Gasteiger charge is -2.34. The molecule has 5 rings (SSSR count). The number of aromatic nitrogens is 1. The molecule has 0 aromatic carbocycles. The van der Waals surface area contributed by atoms with E-state index in [1.807, 2.05) is 4.90 Å². The van der Waals surface area contributed by atoms with E-state index in [4.69, 9.17) is 4.42 Å². The standard InChI is InChI=1S/C19H27N3O2/c1-19-11-22(10-15(19)13-2-3-14(19)8-13)18(23)16-9-21-17(24-16)12-4-6-20-7-5-12/h9,12-15,20H,2-8,10-11H2,1H3/t13-,14+,15-,19+/m0/s1. The van der Waals surface area contributed by atoms with Crippen molar-refractivity contribution >= 4 is 5.91 Å². The Kier molecular flexibility index (Phi) is 3.31. The van der Waals surface area contributed by atoms with Crippen LogP contribution in [0.4, 0.5) is 0 Å². The third-order valence-electron chi connectivity index (χ3n) is 7.48. The molecule has 4 atom stereocenters. The molecule has 24 heavy (non-hydrogen) atoms. The molecular formula is C19H27N3O2. The molecule has 0 radical (unpaired) electrons. The highest BCUT2D eigenvalue weighted by molar-refractivity contribution is 5.91. The molecule has 2 aliphatic carbocycles. The minimum atomic E-state index is 0.0534. The number of hydrogen-bond donors (Lipinski definition) is 1. The van der Waals surface area contributed by atoms with E-state index in [-0.39, 0.29) is 5.91 Å². The van der Waals surface area contributed by atoms with E-state index in [1.54, 1.807) is 6.20 Å². The van der Waals surface area contributed by atoms with Gasteiger partial charge in [-0.1, -0.05) is 6.92 Å². The first-order chi connectivity index (χ1) is 11.6. The fraction of sp³-hybridized carbons (Fsp3) is 0.789. The lowest BCUT2D eigenvalue weighted by Crippen LogP contribution is -2.34. The van der Waals surface area contributed by atoms with Crippen LogP contribution >= 0.6 is 0 Å². The molecule has 4 fully saturated rings. The highest BCUT2D eigenvalue weighted by Crippen LogP contribution is 2.62. The van der Waals surface area contributed by atoms with E-state index in [0.29, 0.717) is 23.0 Å². The quantitative estimate of drug-likeness (QED) is 0.906. The highest BCUT2D eigenvalue weighted by Gasteiger charge is 2.60. The van der Waals surface area contributed by atoms with E-state index in [1.165, 1.54) is 19.3 Å². The number of carbonyl (C=O) groups is 1. The smallest absolute Gasteiger partial charge is 0.291 e. The van der Waals surface area contributed by atoms with Gasteiger partial charge >= 0.3 is 0 Å². The van der Waals surface area contributed by atoms with E-state index < -0.39 is 0 Å². The van der Waals surface area contributed by atoms with Crippen molar-refractivity contribution in [1.29, 1.82) is 0 Å². The van der Waals surface area contributed by atoms with Crippen molar-refractivity contribution in [2.45, 2.75) is 44.9 Å². The van der Waals surface area contributed by atoms with Crippen LogP contribution in [0.2, 0.25) is 0 Å².